The Balaban J connectivity index is 1.51. The van der Waals surface area contributed by atoms with Gasteiger partial charge in [-0.05, 0) is 37.5 Å². The third kappa shape index (κ3) is 4.84. The molecule has 2 aliphatic heterocycles. The number of amides is 1. The molecule has 0 radical (unpaired) electrons. The molecule has 1 saturated heterocycles. The van der Waals surface area contributed by atoms with Gasteiger partial charge in [0, 0.05) is 50.5 Å². The predicted octanol–water partition coefficient (Wildman–Crippen LogP) is 2.40. The van der Waals surface area contributed by atoms with E-state index in [2.05, 4.69) is 40.5 Å². The van der Waals surface area contributed by atoms with E-state index in [0.717, 1.165) is 38.4 Å². The number of aliphatic imine (C=N–C) groups is 2. The SMILES string of the molecule is Cc1ncccc1C(=O)NCC1=NCC2C=CC=C(C2)C(N(C)CC2CCOC2)=N1. The molecule has 158 valence electrons. The molecule has 2 unspecified atom stereocenters. The first-order chi connectivity index (χ1) is 14.6. The van der Waals surface area contributed by atoms with Crippen LogP contribution in [0.1, 0.15) is 28.9 Å². The lowest BCUT2D eigenvalue weighted by molar-refractivity contribution is 0.0958. The number of aromatic nitrogens is 1. The Morgan fingerprint density at radius 3 is 3.10 bits per heavy atom. The summed E-state index contributed by atoms with van der Waals surface area (Å²) in [6, 6.07) is 3.55. The van der Waals surface area contributed by atoms with Gasteiger partial charge in [-0.2, -0.15) is 0 Å². The van der Waals surface area contributed by atoms with Crippen molar-refractivity contribution in [1.82, 2.24) is 15.2 Å². The van der Waals surface area contributed by atoms with E-state index in [9.17, 15) is 4.79 Å². The maximum Gasteiger partial charge on any atom is 0.253 e. The minimum atomic E-state index is -0.155. The number of carbonyl (C=O) groups is 1. The zero-order chi connectivity index (χ0) is 20.9. The number of fused-ring (bicyclic) bond motifs is 2. The fourth-order valence-electron chi connectivity index (χ4n) is 4.10. The van der Waals surface area contributed by atoms with Crippen LogP contribution in [0.2, 0.25) is 0 Å². The fourth-order valence-corrected chi connectivity index (χ4v) is 4.10. The second-order valence-corrected chi connectivity index (χ2v) is 8.16. The lowest BCUT2D eigenvalue weighted by Crippen LogP contribution is -2.37. The molecule has 3 heterocycles. The predicted molar refractivity (Wildman–Crippen MR) is 118 cm³/mol. The number of rotatable bonds is 5. The van der Waals surface area contributed by atoms with Crippen LogP contribution in [0, 0.1) is 18.8 Å². The normalized spacial score (nSPS) is 23.1. The van der Waals surface area contributed by atoms with Crippen molar-refractivity contribution in [2.45, 2.75) is 19.8 Å². The van der Waals surface area contributed by atoms with Crippen molar-refractivity contribution in [1.29, 1.82) is 0 Å². The Kier molecular flexibility index (Phi) is 6.38. The third-order valence-electron chi connectivity index (χ3n) is 5.77. The van der Waals surface area contributed by atoms with E-state index in [4.69, 9.17) is 14.7 Å². The highest BCUT2D eigenvalue weighted by atomic mass is 16.5. The molecule has 3 aliphatic rings. The summed E-state index contributed by atoms with van der Waals surface area (Å²) in [6.45, 7) is 5.35. The van der Waals surface area contributed by atoms with E-state index < -0.39 is 0 Å². The van der Waals surface area contributed by atoms with Gasteiger partial charge in [0.05, 0.1) is 18.7 Å². The van der Waals surface area contributed by atoms with Crippen LogP contribution in [0.5, 0.6) is 0 Å². The number of nitrogens with one attached hydrogen (secondary N) is 1. The van der Waals surface area contributed by atoms with Gasteiger partial charge in [0.25, 0.3) is 5.91 Å². The van der Waals surface area contributed by atoms with Crippen molar-refractivity contribution < 1.29 is 9.53 Å². The second kappa shape index (κ2) is 9.34. The van der Waals surface area contributed by atoms with Crippen LogP contribution in [0.3, 0.4) is 0 Å². The number of pyridine rings is 1. The topological polar surface area (TPSA) is 79.2 Å². The van der Waals surface area contributed by atoms with Crippen LogP contribution in [0.25, 0.3) is 0 Å². The van der Waals surface area contributed by atoms with Crippen molar-refractivity contribution in [2.75, 3.05) is 39.9 Å². The summed E-state index contributed by atoms with van der Waals surface area (Å²) >= 11 is 0. The van der Waals surface area contributed by atoms with Gasteiger partial charge in [0.2, 0.25) is 0 Å². The highest BCUT2D eigenvalue weighted by Crippen LogP contribution is 2.24. The molecular formula is C23H29N5O2. The minimum absolute atomic E-state index is 0.155. The Labute approximate surface area is 177 Å². The van der Waals surface area contributed by atoms with Crippen molar-refractivity contribution in [3.05, 3.63) is 53.4 Å². The number of aryl methyl sites for hydroxylation is 1. The molecule has 1 aromatic rings. The second-order valence-electron chi connectivity index (χ2n) is 8.16. The van der Waals surface area contributed by atoms with Crippen LogP contribution in [0.4, 0.5) is 0 Å². The Bertz CT molecular complexity index is 912. The zero-order valence-electron chi connectivity index (χ0n) is 17.7. The molecular weight excluding hydrogens is 378 g/mol. The molecule has 1 aromatic heterocycles. The van der Waals surface area contributed by atoms with Gasteiger partial charge in [0.1, 0.15) is 11.7 Å². The molecule has 0 aromatic carbocycles. The van der Waals surface area contributed by atoms with Crippen molar-refractivity contribution in [2.24, 2.45) is 21.8 Å². The quantitative estimate of drug-likeness (QED) is 0.813. The van der Waals surface area contributed by atoms with Crippen molar-refractivity contribution in [3.8, 4) is 0 Å². The molecule has 7 heteroatoms. The summed E-state index contributed by atoms with van der Waals surface area (Å²) in [6.07, 6.45) is 10.2. The maximum absolute atomic E-state index is 12.6. The molecule has 0 spiro atoms. The number of allylic oxidation sites excluding steroid dienone is 2. The summed E-state index contributed by atoms with van der Waals surface area (Å²) in [5.74, 6) is 2.33. The molecule has 1 fully saturated rings. The van der Waals surface area contributed by atoms with Crippen LogP contribution in [-0.2, 0) is 4.74 Å². The Morgan fingerprint density at radius 2 is 2.30 bits per heavy atom. The van der Waals surface area contributed by atoms with Gasteiger partial charge in [-0.1, -0.05) is 18.2 Å². The first kappa shape index (κ1) is 20.5. The molecule has 1 amide bonds. The summed E-state index contributed by atoms with van der Waals surface area (Å²) in [5, 5.41) is 2.96. The van der Waals surface area contributed by atoms with Gasteiger partial charge in [-0.3, -0.25) is 14.8 Å². The zero-order valence-corrected chi connectivity index (χ0v) is 17.7. The van der Waals surface area contributed by atoms with E-state index in [0.29, 0.717) is 42.0 Å². The first-order valence-electron chi connectivity index (χ1n) is 10.6. The largest absolute Gasteiger partial charge is 0.381 e. The first-order valence-corrected chi connectivity index (χ1v) is 10.6. The van der Waals surface area contributed by atoms with Gasteiger partial charge in [-0.15, -0.1) is 0 Å². The molecule has 1 N–H and O–H groups in total. The lowest BCUT2D eigenvalue weighted by atomic mass is 9.92. The molecule has 1 aliphatic carbocycles. The van der Waals surface area contributed by atoms with Crippen molar-refractivity contribution in [3.63, 3.8) is 0 Å². The smallest absolute Gasteiger partial charge is 0.253 e. The Morgan fingerprint density at radius 1 is 1.40 bits per heavy atom. The number of hydrogen-bond acceptors (Lipinski definition) is 6. The van der Waals surface area contributed by atoms with Gasteiger partial charge < -0.3 is 15.0 Å². The summed E-state index contributed by atoms with van der Waals surface area (Å²) in [7, 11) is 2.09. The van der Waals surface area contributed by atoms with E-state index in [1.165, 1.54) is 5.57 Å². The van der Waals surface area contributed by atoms with E-state index >= 15 is 0 Å². The number of hydrogen-bond donors (Lipinski definition) is 1. The molecule has 4 rings (SSSR count). The molecule has 0 saturated carbocycles. The van der Waals surface area contributed by atoms with Crippen LogP contribution < -0.4 is 5.32 Å². The molecule has 2 bridgehead atoms. The minimum Gasteiger partial charge on any atom is -0.381 e. The highest BCUT2D eigenvalue weighted by Gasteiger charge is 2.25. The van der Waals surface area contributed by atoms with Crippen LogP contribution >= 0.6 is 0 Å². The van der Waals surface area contributed by atoms with E-state index in [-0.39, 0.29) is 5.91 Å². The average molecular weight is 408 g/mol. The molecule has 30 heavy (non-hydrogen) atoms. The maximum atomic E-state index is 12.6. The van der Waals surface area contributed by atoms with E-state index in [1.54, 1.807) is 18.3 Å². The summed E-state index contributed by atoms with van der Waals surface area (Å²) < 4.78 is 5.54. The number of nitrogens with zero attached hydrogens (tertiary/aromatic N) is 4. The van der Waals surface area contributed by atoms with Crippen LogP contribution in [0.15, 0.2) is 52.1 Å². The standard InChI is InChI=1S/C23H29N5O2/c1-16-20(7-4-9-24-16)23(29)26-13-21-25-12-17-5-3-6-19(11-17)22(27-21)28(2)14-18-8-10-30-15-18/h3-7,9,17-18H,8,10-15H2,1-2H3,(H,26,29). The number of carbonyl (C=O) groups excluding carboxylic acids is 1. The number of likely N-dealkylation sites (N-methyl/N-ethyl adjacent to an activating group) is 1. The van der Waals surface area contributed by atoms with Crippen molar-refractivity contribution >= 4 is 17.6 Å². The molecule has 7 nitrogen and oxygen atoms in total. The number of ether oxygens (including phenoxy) is 1. The van der Waals surface area contributed by atoms with Crippen LogP contribution in [-0.4, -0.2) is 67.4 Å². The van der Waals surface area contributed by atoms with Gasteiger partial charge >= 0.3 is 0 Å². The average Bonchev–Trinajstić information content (AvgIpc) is 3.25. The molecule has 2 atom stereocenters. The van der Waals surface area contributed by atoms with E-state index in [1.807, 2.05) is 6.92 Å². The fraction of sp³-hybridized carbons (Fsp3) is 0.478. The summed E-state index contributed by atoms with van der Waals surface area (Å²) in [4.78, 5) is 28.6. The van der Waals surface area contributed by atoms with Gasteiger partial charge in [0.15, 0.2) is 0 Å². The summed E-state index contributed by atoms with van der Waals surface area (Å²) in [5.41, 5.74) is 2.52. The lowest BCUT2D eigenvalue weighted by Gasteiger charge is -2.29. The third-order valence-corrected chi connectivity index (χ3v) is 5.77. The monoisotopic (exact) mass is 407 g/mol. The van der Waals surface area contributed by atoms with Gasteiger partial charge in [-0.25, -0.2) is 4.99 Å². The number of amidine groups is 2. The highest BCUT2D eigenvalue weighted by molar-refractivity contribution is 6.08. The Hall–Kier alpha value is -2.80.